The van der Waals surface area contributed by atoms with Crippen molar-refractivity contribution in [2.45, 2.75) is 31.7 Å². The summed E-state index contributed by atoms with van der Waals surface area (Å²) < 4.78 is 0.759. The predicted molar refractivity (Wildman–Crippen MR) is 63.7 cm³/mol. The molecule has 0 aromatic carbocycles. The molecule has 0 spiro atoms. The Labute approximate surface area is 98.6 Å². The highest BCUT2D eigenvalue weighted by atomic mass is 35.5. The zero-order valence-corrected chi connectivity index (χ0v) is 10.0. The molecular formula is C11H14ClNOS. The van der Waals surface area contributed by atoms with E-state index in [4.69, 9.17) is 11.6 Å². The van der Waals surface area contributed by atoms with Crippen molar-refractivity contribution in [3.05, 3.63) is 21.3 Å². The van der Waals surface area contributed by atoms with Gasteiger partial charge in [0, 0.05) is 11.3 Å². The number of halogens is 1. The van der Waals surface area contributed by atoms with Crippen molar-refractivity contribution < 1.29 is 4.79 Å². The first-order valence-corrected chi connectivity index (χ1v) is 6.45. The number of carbonyl (C=O) groups excluding carboxylic acids is 1. The molecule has 1 unspecified atom stereocenters. The monoisotopic (exact) mass is 243 g/mol. The zero-order chi connectivity index (χ0) is 10.7. The number of thiophene rings is 1. The Hall–Kier alpha value is -0.380. The molecule has 1 aliphatic rings. The van der Waals surface area contributed by atoms with E-state index in [1.165, 1.54) is 17.8 Å². The number of carbonyl (C=O) groups is 1. The molecule has 4 heteroatoms. The molecule has 15 heavy (non-hydrogen) atoms. The molecule has 2 rings (SSSR count). The second kappa shape index (κ2) is 5.10. The van der Waals surface area contributed by atoms with Gasteiger partial charge in [-0.15, -0.1) is 11.3 Å². The Kier molecular flexibility index (Phi) is 3.78. The second-order valence-corrected chi connectivity index (χ2v) is 5.65. The largest absolute Gasteiger partial charge is 0.307 e. The normalized spacial score (nSPS) is 21.5. The minimum absolute atomic E-state index is 0.0691. The van der Waals surface area contributed by atoms with Crippen LogP contribution < -0.4 is 5.32 Å². The van der Waals surface area contributed by atoms with E-state index in [1.54, 1.807) is 0 Å². The lowest BCUT2D eigenvalue weighted by molar-refractivity contribution is -0.120. The van der Waals surface area contributed by atoms with E-state index < -0.39 is 0 Å². The molecule has 1 aromatic heterocycles. The van der Waals surface area contributed by atoms with Crippen molar-refractivity contribution in [3.8, 4) is 0 Å². The first-order valence-electron chi connectivity index (χ1n) is 5.26. The molecule has 1 aromatic rings. The fourth-order valence-electron chi connectivity index (χ4n) is 1.87. The van der Waals surface area contributed by atoms with Gasteiger partial charge in [-0.1, -0.05) is 18.0 Å². The summed E-state index contributed by atoms with van der Waals surface area (Å²) in [4.78, 5) is 12.9. The molecule has 82 valence electrons. The van der Waals surface area contributed by atoms with Crippen LogP contribution in [0, 0.1) is 0 Å². The van der Waals surface area contributed by atoms with Crippen molar-refractivity contribution in [1.82, 2.24) is 5.32 Å². The van der Waals surface area contributed by atoms with E-state index in [2.05, 4.69) is 5.32 Å². The summed E-state index contributed by atoms with van der Waals surface area (Å²) >= 11 is 7.32. The molecule has 1 fully saturated rings. The van der Waals surface area contributed by atoms with E-state index in [-0.39, 0.29) is 6.04 Å². The van der Waals surface area contributed by atoms with Gasteiger partial charge in [0.15, 0.2) is 5.78 Å². The Bertz CT molecular complexity index is 344. The van der Waals surface area contributed by atoms with Crippen LogP contribution in [0.1, 0.15) is 24.1 Å². The summed E-state index contributed by atoms with van der Waals surface area (Å²) in [6.45, 7) is 0.974. The lowest BCUT2D eigenvalue weighted by Gasteiger charge is -2.21. The maximum Gasteiger partial charge on any atom is 0.154 e. The summed E-state index contributed by atoms with van der Waals surface area (Å²) in [5.41, 5.74) is 0. The van der Waals surface area contributed by atoms with Gasteiger partial charge in [-0.2, -0.15) is 0 Å². The third kappa shape index (κ3) is 3.03. The lowest BCUT2D eigenvalue weighted by Crippen LogP contribution is -2.41. The van der Waals surface area contributed by atoms with Crippen LogP contribution in [-0.4, -0.2) is 18.4 Å². The summed E-state index contributed by atoms with van der Waals surface area (Å²) in [5, 5.41) is 3.27. The first-order chi connectivity index (χ1) is 7.25. The van der Waals surface area contributed by atoms with Crippen LogP contribution in [0.5, 0.6) is 0 Å². The minimum atomic E-state index is 0.0691. The molecule has 1 N–H and O–H groups in total. The summed E-state index contributed by atoms with van der Waals surface area (Å²) in [6, 6.07) is 3.86. The van der Waals surface area contributed by atoms with Crippen LogP contribution in [0.4, 0.5) is 0 Å². The van der Waals surface area contributed by atoms with Gasteiger partial charge >= 0.3 is 0 Å². The second-order valence-electron chi connectivity index (χ2n) is 3.85. The van der Waals surface area contributed by atoms with Crippen molar-refractivity contribution >= 4 is 28.7 Å². The fourth-order valence-corrected chi connectivity index (χ4v) is 2.97. The Balaban J connectivity index is 1.91. The number of nitrogens with one attached hydrogen (secondary N) is 1. The van der Waals surface area contributed by atoms with Gasteiger partial charge in [-0.25, -0.2) is 0 Å². The summed E-state index contributed by atoms with van der Waals surface area (Å²) in [6.07, 6.45) is 3.86. The average Bonchev–Trinajstić information content (AvgIpc) is 2.65. The van der Waals surface area contributed by atoms with E-state index in [0.29, 0.717) is 12.2 Å². The van der Waals surface area contributed by atoms with E-state index in [1.807, 2.05) is 12.1 Å². The molecule has 1 atom stereocenters. The number of piperidine rings is 1. The van der Waals surface area contributed by atoms with Gasteiger partial charge in [0.1, 0.15) is 0 Å². The van der Waals surface area contributed by atoms with Crippen molar-refractivity contribution in [1.29, 1.82) is 0 Å². The highest BCUT2D eigenvalue weighted by molar-refractivity contribution is 7.16. The SMILES string of the molecule is O=C(Cc1ccc(Cl)s1)C1CCCCN1. The van der Waals surface area contributed by atoms with Crippen LogP contribution in [0.15, 0.2) is 12.1 Å². The highest BCUT2D eigenvalue weighted by Gasteiger charge is 2.20. The third-order valence-corrected chi connectivity index (χ3v) is 3.91. The van der Waals surface area contributed by atoms with Crippen LogP contribution >= 0.6 is 22.9 Å². The standard InChI is InChI=1S/C11H14ClNOS/c12-11-5-4-8(15-11)7-10(14)9-3-1-2-6-13-9/h4-5,9,13H,1-3,6-7H2. The molecular weight excluding hydrogens is 230 g/mol. The molecule has 2 nitrogen and oxygen atoms in total. The molecule has 2 heterocycles. The molecule has 0 radical (unpaired) electrons. The predicted octanol–water partition coefficient (Wildman–Crippen LogP) is 2.66. The Morgan fingerprint density at radius 1 is 1.53 bits per heavy atom. The van der Waals surface area contributed by atoms with Crippen molar-refractivity contribution in [2.24, 2.45) is 0 Å². The molecule has 0 bridgehead atoms. The number of hydrogen-bond acceptors (Lipinski definition) is 3. The first kappa shape index (κ1) is 11.1. The molecule has 1 saturated heterocycles. The van der Waals surface area contributed by atoms with Crippen LogP contribution in [0.2, 0.25) is 4.34 Å². The third-order valence-electron chi connectivity index (χ3n) is 2.68. The van der Waals surface area contributed by atoms with Gasteiger partial charge < -0.3 is 5.32 Å². The number of Topliss-reactive ketones (excluding diaryl/α,β-unsaturated/α-hetero) is 1. The topological polar surface area (TPSA) is 29.1 Å². The Morgan fingerprint density at radius 3 is 3.00 bits per heavy atom. The van der Waals surface area contributed by atoms with E-state index in [9.17, 15) is 4.79 Å². The van der Waals surface area contributed by atoms with Crippen molar-refractivity contribution in [2.75, 3.05) is 6.54 Å². The summed E-state index contributed by atoms with van der Waals surface area (Å²) in [5.74, 6) is 0.299. The van der Waals surface area contributed by atoms with Crippen molar-refractivity contribution in [3.63, 3.8) is 0 Å². The average molecular weight is 244 g/mol. The molecule has 1 aliphatic heterocycles. The van der Waals surface area contributed by atoms with E-state index in [0.717, 1.165) is 28.6 Å². The zero-order valence-electron chi connectivity index (χ0n) is 8.46. The van der Waals surface area contributed by atoms with E-state index >= 15 is 0 Å². The van der Waals surface area contributed by atoms with Gasteiger partial charge in [0.05, 0.1) is 10.4 Å². The fraction of sp³-hybridized carbons (Fsp3) is 0.545. The lowest BCUT2D eigenvalue weighted by atomic mass is 9.99. The van der Waals surface area contributed by atoms with Crippen LogP contribution in [-0.2, 0) is 11.2 Å². The highest BCUT2D eigenvalue weighted by Crippen LogP contribution is 2.22. The minimum Gasteiger partial charge on any atom is -0.307 e. The van der Waals surface area contributed by atoms with Crippen LogP contribution in [0.3, 0.4) is 0 Å². The van der Waals surface area contributed by atoms with Gasteiger partial charge in [0.2, 0.25) is 0 Å². The number of ketones is 1. The van der Waals surface area contributed by atoms with Gasteiger partial charge in [-0.3, -0.25) is 4.79 Å². The number of hydrogen-bond donors (Lipinski definition) is 1. The molecule has 0 aliphatic carbocycles. The summed E-state index contributed by atoms with van der Waals surface area (Å²) in [7, 11) is 0. The maximum atomic E-state index is 11.9. The molecule has 0 saturated carbocycles. The van der Waals surface area contributed by atoms with Gasteiger partial charge in [0.25, 0.3) is 0 Å². The van der Waals surface area contributed by atoms with Gasteiger partial charge in [-0.05, 0) is 31.5 Å². The quantitative estimate of drug-likeness (QED) is 0.885. The van der Waals surface area contributed by atoms with Crippen LogP contribution in [0.25, 0.3) is 0 Å². The molecule has 0 amide bonds. The smallest absolute Gasteiger partial charge is 0.154 e. The Morgan fingerprint density at radius 2 is 2.40 bits per heavy atom. The number of rotatable bonds is 3. The maximum absolute atomic E-state index is 11.9.